The molecule has 2 aromatic rings. The molecular weight excluding hydrogens is 392 g/mol. The van der Waals surface area contributed by atoms with Crippen molar-refractivity contribution in [3.05, 3.63) is 65.5 Å². The molecule has 1 aromatic heterocycles. The summed E-state index contributed by atoms with van der Waals surface area (Å²) in [4.78, 5) is 14.5. The lowest BCUT2D eigenvalue weighted by molar-refractivity contribution is 0.166. The number of pyridine rings is 1. The van der Waals surface area contributed by atoms with Crippen molar-refractivity contribution >= 4 is 17.5 Å². The lowest BCUT2D eigenvalue weighted by atomic mass is 9.94. The van der Waals surface area contributed by atoms with Crippen LogP contribution in [0.1, 0.15) is 62.5 Å². The first-order valence-electron chi connectivity index (χ1n) is 12.6. The number of aromatic nitrogens is 1. The van der Waals surface area contributed by atoms with Gasteiger partial charge in [-0.2, -0.15) is 0 Å². The summed E-state index contributed by atoms with van der Waals surface area (Å²) in [5, 5.41) is 0. The van der Waals surface area contributed by atoms with Crippen LogP contribution in [0.4, 0.5) is 5.69 Å². The van der Waals surface area contributed by atoms with Gasteiger partial charge in [-0.15, -0.1) is 0 Å². The highest BCUT2D eigenvalue weighted by Crippen LogP contribution is 2.26. The number of anilines is 1. The van der Waals surface area contributed by atoms with Gasteiger partial charge in [0.15, 0.2) is 0 Å². The summed E-state index contributed by atoms with van der Waals surface area (Å²) in [6.07, 6.45) is 16.7. The average Bonchev–Trinajstić information content (AvgIpc) is 3.12. The summed E-state index contributed by atoms with van der Waals surface area (Å²) >= 11 is 0. The van der Waals surface area contributed by atoms with E-state index in [1.54, 1.807) is 0 Å². The van der Waals surface area contributed by atoms with E-state index >= 15 is 0 Å². The average molecular weight is 429 g/mol. The van der Waals surface area contributed by atoms with E-state index in [0.29, 0.717) is 0 Å². The number of benzene rings is 1. The Morgan fingerprint density at radius 3 is 2.53 bits per heavy atom. The van der Waals surface area contributed by atoms with Gasteiger partial charge in [-0.1, -0.05) is 31.4 Å². The molecule has 1 saturated carbocycles. The van der Waals surface area contributed by atoms with E-state index in [9.17, 15) is 0 Å². The van der Waals surface area contributed by atoms with Gasteiger partial charge < -0.3 is 4.90 Å². The van der Waals surface area contributed by atoms with Crippen LogP contribution < -0.4 is 4.90 Å². The molecule has 2 aliphatic heterocycles. The number of hydrogen-bond acceptors (Lipinski definition) is 4. The molecule has 3 heterocycles. The van der Waals surface area contributed by atoms with Gasteiger partial charge in [0.1, 0.15) is 0 Å². The second-order valence-corrected chi connectivity index (χ2v) is 9.51. The molecule has 0 amide bonds. The van der Waals surface area contributed by atoms with Crippen molar-refractivity contribution in [3.63, 3.8) is 0 Å². The maximum absolute atomic E-state index is 4.82. The SMILES string of the molecule is C(=C1/CCCN=C1c1cccnc1)/c1ccc(N2CCCN(C3CCCCC3)CC2)cc1. The first-order valence-corrected chi connectivity index (χ1v) is 12.6. The zero-order valence-electron chi connectivity index (χ0n) is 19.3. The van der Waals surface area contributed by atoms with Crippen molar-refractivity contribution in [1.29, 1.82) is 0 Å². The Morgan fingerprint density at radius 1 is 0.844 bits per heavy atom. The van der Waals surface area contributed by atoms with E-state index in [1.165, 1.54) is 75.0 Å². The highest BCUT2D eigenvalue weighted by atomic mass is 15.2. The molecule has 5 rings (SSSR count). The fraction of sp³-hybridized carbons (Fsp3) is 0.500. The zero-order chi connectivity index (χ0) is 21.6. The summed E-state index contributed by atoms with van der Waals surface area (Å²) < 4.78 is 0. The molecule has 4 heteroatoms. The van der Waals surface area contributed by atoms with Crippen LogP contribution in [0, 0.1) is 0 Å². The Bertz CT molecular complexity index is 926. The summed E-state index contributed by atoms with van der Waals surface area (Å²) in [5.74, 6) is 0. The summed E-state index contributed by atoms with van der Waals surface area (Å²) in [5.41, 5.74) is 6.20. The van der Waals surface area contributed by atoms with E-state index in [-0.39, 0.29) is 0 Å². The number of nitrogens with zero attached hydrogens (tertiary/aromatic N) is 4. The largest absolute Gasteiger partial charge is 0.370 e. The first kappa shape index (κ1) is 21.4. The van der Waals surface area contributed by atoms with E-state index in [1.807, 2.05) is 18.5 Å². The number of hydrogen-bond donors (Lipinski definition) is 0. The molecular formula is C28H36N4. The second-order valence-electron chi connectivity index (χ2n) is 9.51. The van der Waals surface area contributed by atoms with Crippen molar-refractivity contribution in [2.75, 3.05) is 37.6 Å². The van der Waals surface area contributed by atoms with E-state index < -0.39 is 0 Å². The first-order chi connectivity index (χ1) is 15.9. The normalized spacial score (nSPS) is 22.6. The highest BCUT2D eigenvalue weighted by Gasteiger charge is 2.23. The van der Waals surface area contributed by atoms with Crippen molar-refractivity contribution in [2.24, 2.45) is 4.99 Å². The van der Waals surface area contributed by atoms with Crippen molar-refractivity contribution in [2.45, 2.75) is 57.4 Å². The Labute approximate surface area is 193 Å². The van der Waals surface area contributed by atoms with Crippen molar-refractivity contribution < 1.29 is 0 Å². The Kier molecular flexibility index (Phi) is 6.98. The molecule has 2 fully saturated rings. The third-order valence-corrected chi connectivity index (χ3v) is 7.33. The van der Waals surface area contributed by atoms with Gasteiger partial charge >= 0.3 is 0 Å². The second kappa shape index (κ2) is 10.4. The topological polar surface area (TPSA) is 31.7 Å². The van der Waals surface area contributed by atoms with Gasteiger partial charge in [0.25, 0.3) is 0 Å². The maximum Gasteiger partial charge on any atom is 0.0694 e. The van der Waals surface area contributed by atoms with Gasteiger partial charge in [0, 0.05) is 62.4 Å². The van der Waals surface area contributed by atoms with Crippen LogP contribution in [0.15, 0.2) is 59.4 Å². The minimum atomic E-state index is 0.837. The van der Waals surface area contributed by atoms with Crippen LogP contribution in [0.5, 0.6) is 0 Å². The predicted molar refractivity (Wildman–Crippen MR) is 135 cm³/mol. The smallest absolute Gasteiger partial charge is 0.0694 e. The van der Waals surface area contributed by atoms with Crippen LogP contribution in [0.3, 0.4) is 0 Å². The Hall–Kier alpha value is -2.46. The molecule has 0 atom stereocenters. The fourth-order valence-corrected chi connectivity index (χ4v) is 5.59. The summed E-state index contributed by atoms with van der Waals surface area (Å²) in [7, 11) is 0. The quantitative estimate of drug-likeness (QED) is 0.636. The molecule has 0 radical (unpaired) electrons. The van der Waals surface area contributed by atoms with Crippen LogP contribution in [0.2, 0.25) is 0 Å². The van der Waals surface area contributed by atoms with E-state index in [0.717, 1.165) is 43.2 Å². The summed E-state index contributed by atoms with van der Waals surface area (Å²) in [6.45, 7) is 5.70. The third kappa shape index (κ3) is 5.12. The highest BCUT2D eigenvalue weighted by molar-refractivity contribution is 6.15. The molecule has 0 unspecified atom stereocenters. The molecule has 1 saturated heterocycles. The third-order valence-electron chi connectivity index (χ3n) is 7.33. The number of allylic oxidation sites excluding steroid dienone is 1. The monoisotopic (exact) mass is 428 g/mol. The lowest BCUT2D eigenvalue weighted by Crippen LogP contribution is -2.39. The fourth-order valence-electron chi connectivity index (χ4n) is 5.59. The van der Waals surface area contributed by atoms with Crippen LogP contribution in [-0.4, -0.2) is 54.4 Å². The number of aliphatic imine (C=N–C) groups is 1. The minimum absolute atomic E-state index is 0.837. The van der Waals surface area contributed by atoms with Crippen molar-refractivity contribution in [1.82, 2.24) is 9.88 Å². The molecule has 1 aromatic carbocycles. The van der Waals surface area contributed by atoms with Crippen LogP contribution in [0.25, 0.3) is 6.08 Å². The van der Waals surface area contributed by atoms with E-state index in [4.69, 9.17) is 4.99 Å². The lowest BCUT2D eigenvalue weighted by Gasteiger charge is -2.33. The molecule has 1 aliphatic carbocycles. The van der Waals surface area contributed by atoms with Gasteiger partial charge in [-0.3, -0.25) is 14.9 Å². The maximum atomic E-state index is 4.82. The van der Waals surface area contributed by atoms with Crippen LogP contribution in [-0.2, 0) is 0 Å². The molecule has 0 spiro atoms. The summed E-state index contributed by atoms with van der Waals surface area (Å²) in [6, 6.07) is 14.1. The Balaban J connectivity index is 1.26. The van der Waals surface area contributed by atoms with Gasteiger partial charge in [0.05, 0.1) is 5.71 Å². The number of rotatable bonds is 4. The molecule has 0 bridgehead atoms. The molecule has 0 N–H and O–H groups in total. The minimum Gasteiger partial charge on any atom is -0.370 e. The van der Waals surface area contributed by atoms with Crippen molar-refractivity contribution in [3.8, 4) is 0 Å². The standard InChI is InChI=1S/C28H36N4/c1-2-9-26(10-3-1)31-17-6-18-32(20-19-31)27-13-11-23(12-14-27)21-24-7-5-16-30-28(24)25-8-4-15-29-22-25/h4,8,11-15,21-22,26H,1-3,5-7,9-10,16-20H2/b24-21+. The predicted octanol–water partition coefficient (Wildman–Crippen LogP) is 5.59. The molecule has 4 nitrogen and oxygen atoms in total. The zero-order valence-corrected chi connectivity index (χ0v) is 19.3. The molecule has 32 heavy (non-hydrogen) atoms. The van der Waals surface area contributed by atoms with Crippen LogP contribution >= 0.6 is 0 Å². The van der Waals surface area contributed by atoms with Gasteiger partial charge in [0.2, 0.25) is 0 Å². The van der Waals surface area contributed by atoms with Gasteiger partial charge in [-0.05, 0) is 73.6 Å². The van der Waals surface area contributed by atoms with Gasteiger partial charge in [-0.25, -0.2) is 0 Å². The molecule has 3 aliphatic rings. The molecule has 168 valence electrons. The Morgan fingerprint density at radius 2 is 1.72 bits per heavy atom. The van der Waals surface area contributed by atoms with E-state index in [2.05, 4.69) is 51.2 Å².